The van der Waals surface area contributed by atoms with Crippen LogP contribution in [0.25, 0.3) is 0 Å². The summed E-state index contributed by atoms with van der Waals surface area (Å²) in [6.07, 6.45) is 3.86. The SMILES string of the molecule is CCC1CCN(CCC(C)(C)OC)C(C(=O)O)C1. The third kappa shape index (κ3) is 4.25. The summed E-state index contributed by atoms with van der Waals surface area (Å²) in [7, 11) is 1.71. The van der Waals surface area contributed by atoms with Crippen LogP contribution in [-0.4, -0.2) is 47.8 Å². The van der Waals surface area contributed by atoms with Crippen LogP contribution in [0.5, 0.6) is 0 Å². The molecule has 1 heterocycles. The Morgan fingerprint density at radius 3 is 2.67 bits per heavy atom. The molecule has 2 atom stereocenters. The van der Waals surface area contributed by atoms with Crippen molar-refractivity contribution in [2.24, 2.45) is 5.92 Å². The average molecular weight is 257 g/mol. The highest BCUT2D eigenvalue weighted by atomic mass is 16.5. The number of likely N-dealkylation sites (tertiary alicyclic amines) is 1. The van der Waals surface area contributed by atoms with E-state index in [0.29, 0.717) is 5.92 Å². The van der Waals surface area contributed by atoms with Gasteiger partial charge in [0, 0.05) is 13.7 Å². The van der Waals surface area contributed by atoms with E-state index < -0.39 is 5.97 Å². The van der Waals surface area contributed by atoms with Crippen molar-refractivity contribution in [3.8, 4) is 0 Å². The van der Waals surface area contributed by atoms with Crippen LogP contribution in [0.4, 0.5) is 0 Å². The van der Waals surface area contributed by atoms with Crippen molar-refractivity contribution in [1.82, 2.24) is 4.90 Å². The van der Waals surface area contributed by atoms with Gasteiger partial charge >= 0.3 is 5.97 Å². The number of piperidine rings is 1. The van der Waals surface area contributed by atoms with Gasteiger partial charge in [0.1, 0.15) is 6.04 Å². The molecular weight excluding hydrogens is 230 g/mol. The van der Waals surface area contributed by atoms with Gasteiger partial charge in [0.15, 0.2) is 0 Å². The van der Waals surface area contributed by atoms with E-state index >= 15 is 0 Å². The summed E-state index contributed by atoms with van der Waals surface area (Å²) < 4.78 is 5.39. The van der Waals surface area contributed by atoms with Crippen molar-refractivity contribution in [3.05, 3.63) is 0 Å². The summed E-state index contributed by atoms with van der Waals surface area (Å²) in [6.45, 7) is 7.93. The standard InChI is InChI=1S/C14H27NO3/c1-5-11-6-8-15(12(10-11)13(16)17)9-7-14(2,3)18-4/h11-12H,5-10H2,1-4H3,(H,16,17). The first-order chi connectivity index (χ1) is 8.39. The monoisotopic (exact) mass is 257 g/mol. The number of methoxy groups -OCH3 is 1. The van der Waals surface area contributed by atoms with Crippen LogP contribution in [-0.2, 0) is 9.53 Å². The summed E-state index contributed by atoms with van der Waals surface area (Å²) in [6, 6.07) is -0.309. The van der Waals surface area contributed by atoms with E-state index in [0.717, 1.165) is 38.8 Å². The maximum atomic E-state index is 11.3. The lowest BCUT2D eigenvalue weighted by molar-refractivity contribution is -0.146. The van der Waals surface area contributed by atoms with Gasteiger partial charge in [-0.1, -0.05) is 13.3 Å². The first kappa shape index (κ1) is 15.4. The Hall–Kier alpha value is -0.610. The minimum absolute atomic E-state index is 0.176. The lowest BCUT2D eigenvalue weighted by Gasteiger charge is -2.38. The molecule has 0 spiro atoms. The quantitative estimate of drug-likeness (QED) is 0.793. The van der Waals surface area contributed by atoms with Gasteiger partial charge < -0.3 is 9.84 Å². The smallest absolute Gasteiger partial charge is 0.320 e. The van der Waals surface area contributed by atoms with Crippen molar-refractivity contribution >= 4 is 5.97 Å². The van der Waals surface area contributed by atoms with E-state index in [1.54, 1.807) is 7.11 Å². The third-order valence-electron chi connectivity index (χ3n) is 4.24. The van der Waals surface area contributed by atoms with Crippen LogP contribution in [0, 0.1) is 5.92 Å². The molecule has 1 fully saturated rings. The maximum Gasteiger partial charge on any atom is 0.320 e. The third-order valence-corrected chi connectivity index (χ3v) is 4.24. The Labute approximate surface area is 110 Å². The van der Waals surface area contributed by atoms with Crippen LogP contribution in [0.3, 0.4) is 0 Å². The van der Waals surface area contributed by atoms with E-state index in [2.05, 4.69) is 11.8 Å². The van der Waals surface area contributed by atoms with Crippen molar-refractivity contribution in [2.75, 3.05) is 20.2 Å². The molecule has 0 aromatic heterocycles. The van der Waals surface area contributed by atoms with Gasteiger partial charge in [-0.05, 0) is 45.6 Å². The zero-order valence-corrected chi connectivity index (χ0v) is 12.1. The number of aliphatic carboxylic acids is 1. The highest BCUT2D eigenvalue weighted by Crippen LogP contribution is 2.26. The average Bonchev–Trinajstić information content (AvgIpc) is 2.36. The van der Waals surface area contributed by atoms with E-state index in [9.17, 15) is 9.90 Å². The minimum Gasteiger partial charge on any atom is -0.480 e. The van der Waals surface area contributed by atoms with Gasteiger partial charge in [-0.15, -0.1) is 0 Å². The van der Waals surface area contributed by atoms with E-state index in [1.165, 1.54) is 0 Å². The Bertz CT molecular complexity index is 278. The fraction of sp³-hybridized carbons (Fsp3) is 0.929. The van der Waals surface area contributed by atoms with Gasteiger partial charge in [-0.3, -0.25) is 9.69 Å². The Morgan fingerprint density at radius 1 is 1.50 bits per heavy atom. The molecule has 0 bridgehead atoms. The molecule has 4 heteroatoms. The van der Waals surface area contributed by atoms with Gasteiger partial charge in [0.05, 0.1) is 5.60 Å². The van der Waals surface area contributed by atoms with Gasteiger partial charge in [-0.2, -0.15) is 0 Å². The molecule has 4 nitrogen and oxygen atoms in total. The second-order valence-electron chi connectivity index (χ2n) is 5.90. The van der Waals surface area contributed by atoms with Crippen molar-refractivity contribution in [1.29, 1.82) is 0 Å². The molecule has 1 aliphatic heterocycles. The number of hydrogen-bond acceptors (Lipinski definition) is 3. The number of carboxylic acid groups (broad SMARTS) is 1. The Balaban J connectivity index is 2.55. The lowest BCUT2D eigenvalue weighted by Crippen LogP contribution is -2.48. The summed E-state index contributed by atoms with van der Waals surface area (Å²) in [5.41, 5.74) is -0.176. The highest BCUT2D eigenvalue weighted by molar-refractivity contribution is 5.73. The molecule has 106 valence electrons. The molecule has 0 saturated carbocycles. The first-order valence-electron chi connectivity index (χ1n) is 6.91. The second kappa shape index (κ2) is 6.53. The highest BCUT2D eigenvalue weighted by Gasteiger charge is 2.33. The summed E-state index contributed by atoms with van der Waals surface area (Å²) in [4.78, 5) is 13.5. The number of rotatable bonds is 6. The fourth-order valence-electron chi connectivity index (χ4n) is 2.50. The van der Waals surface area contributed by atoms with Crippen LogP contribution in [0.1, 0.15) is 46.5 Å². The van der Waals surface area contributed by atoms with E-state index in [4.69, 9.17) is 4.74 Å². The largest absolute Gasteiger partial charge is 0.480 e. The molecule has 0 aromatic rings. The van der Waals surface area contributed by atoms with Gasteiger partial charge in [-0.25, -0.2) is 0 Å². The predicted octanol–water partition coefficient (Wildman–Crippen LogP) is 2.38. The molecular formula is C14H27NO3. The van der Waals surface area contributed by atoms with Crippen molar-refractivity contribution < 1.29 is 14.6 Å². The topological polar surface area (TPSA) is 49.8 Å². The summed E-state index contributed by atoms with van der Waals surface area (Å²) >= 11 is 0. The van der Waals surface area contributed by atoms with Crippen molar-refractivity contribution in [2.45, 2.75) is 58.1 Å². The zero-order valence-electron chi connectivity index (χ0n) is 12.1. The molecule has 1 saturated heterocycles. The first-order valence-corrected chi connectivity index (χ1v) is 6.91. The molecule has 18 heavy (non-hydrogen) atoms. The predicted molar refractivity (Wildman–Crippen MR) is 71.7 cm³/mol. The number of carbonyl (C=O) groups is 1. The molecule has 2 unspecified atom stereocenters. The summed E-state index contributed by atoms with van der Waals surface area (Å²) in [5, 5.41) is 9.34. The molecule has 0 amide bonds. The molecule has 0 radical (unpaired) electrons. The lowest BCUT2D eigenvalue weighted by atomic mass is 9.88. The molecule has 1 aliphatic rings. The van der Waals surface area contributed by atoms with E-state index in [-0.39, 0.29) is 11.6 Å². The summed E-state index contributed by atoms with van der Waals surface area (Å²) in [5.74, 6) is -0.110. The van der Waals surface area contributed by atoms with Gasteiger partial charge in [0.2, 0.25) is 0 Å². The number of carboxylic acids is 1. The minimum atomic E-state index is -0.677. The van der Waals surface area contributed by atoms with Crippen LogP contribution in [0.15, 0.2) is 0 Å². The molecule has 1 rings (SSSR count). The molecule has 1 N–H and O–H groups in total. The number of hydrogen-bond donors (Lipinski definition) is 1. The molecule has 0 aliphatic carbocycles. The van der Waals surface area contributed by atoms with Gasteiger partial charge in [0.25, 0.3) is 0 Å². The zero-order chi connectivity index (χ0) is 13.8. The Morgan fingerprint density at radius 2 is 2.17 bits per heavy atom. The number of nitrogens with zero attached hydrogens (tertiary/aromatic N) is 1. The molecule has 0 aromatic carbocycles. The maximum absolute atomic E-state index is 11.3. The fourth-order valence-corrected chi connectivity index (χ4v) is 2.50. The second-order valence-corrected chi connectivity index (χ2v) is 5.90. The van der Waals surface area contributed by atoms with Crippen LogP contribution >= 0.6 is 0 Å². The number of ether oxygens (including phenoxy) is 1. The van der Waals surface area contributed by atoms with Crippen molar-refractivity contribution in [3.63, 3.8) is 0 Å². The normalized spacial score (nSPS) is 26.2. The Kier molecular flexibility index (Phi) is 5.60. The van der Waals surface area contributed by atoms with E-state index in [1.807, 2.05) is 13.8 Å². The van der Waals surface area contributed by atoms with Crippen LogP contribution < -0.4 is 0 Å². The van der Waals surface area contributed by atoms with Crippen LogP contribution in [0.2, 0.25) is 0 Å².